The van der Waals surface area contributed by atoms with Gasteiger partial charge in [-0.3, -0.25) is 4.79 Å². The SMILES string of the molecule is CC(=O)c1cc2c3c(c1)[C@@H]1C=CC[C@H]1CN3[C@H](c1ccc(Br)cc1)[C@H]1CC=C[C@H]21. The molecule has 0 bridgehead atoms. The van der Waals surface area contributed by atoms with Crippen LogP contribution in [0.3, 0.4) is 0 Å². The second kappa shape index (κ2) is 6.43. The molecule has 2 nitrogen and oxygen atoms in total. The molecule has 6 rings (SSSR count). The summed E-state index contributed by atoms with van der Waals surface area (Å²) in [6.07, 6.45) is 11.7. The number of Topliss-reactive ketones (excluding diaryl/α,β-unsaturated/α-hetero) is 1. The van der Waals surface area contributed by atoms with Crippen LogP contribution in [0.4, 0.5) is 5.69 Å². The van der Waals surface area contributed by atoms with Crippen molar-refractivity contribution in [3.8, 4) is 0 Å². The number of anilines is 1. The summed E-state index contributed by atoms with van der Waals surface area (Å²) in [4.78, 5) is 15.0. The number of carbonyl (C=O) groups excluding carboxylic acids is 1. The monoisotopic (exact) mass is 445 g/mol. The van der Waals surface area contributed by atoms with E-state index in [1.54, 1.807) is 6.92 Å². The molecule has 2 aromatic rings. The molecule has 0 N–H and O–H groups in total. The smallest absolute Gasteiger partial charge is 0.159 e. The van der Waals surface area contributed by atoms with Crippen molar-refractivity contribution < 1.29 is 4.79 Å². The maximum absolute atomic E-state index is 12.3. The van der Waals surface area contributed by atoms with E-state index in [1.807, 2.05) is 0 Å². The number of halogens is 1. The predicted molar refractivity (Wildman–Crippen MR) is 121 cm³/mol. The molecule has 3 heteroatoms. The molecular weight excluding hydrogens is 422 g/mol. The highest BCUT2D eigenvalue weighted by atomic mass is 79.9. The predicted octanol–water partition coefficient (Wildman–Crippen LogP) is 6.55. The molecule has 0 saturated carbocycles. The fourth-order valence-electron chi connectivity index (χ4n) is 6.22. The molecule has 0 radical (unpaired) electrons. The number of fused-ring (bicyclic) bond motifs is 4. The minimum atomic E-state index is 0.174. The van der Waals surface area contributed by atoms with E-state index in [9.17, 15) is 4.79 Å². The molecular formula is C26H24BrNO. The fourth-order valence-corrected chi connectivity index (χ4v) is 6.48. The number of hydrogen-bond donors (Lipinski definition) is 0. The second-order valence-electron chi connectivity index (χ2n) is 9.01. The molecule has 2 aromatic carbocycles. The van der Waals surface area contributed by atoms with Crippen LogP contribution in [0.25, 0.3) is 0 Å². The number of rotatable bonds is 2. The summed E-state index contributed by atoms with van der Waals surface area (Å²) < 4.78 is 1.13. The van der Waals surface area contributed by atoms with Crippen molar-refractivity contribution in [1.29, 1.82) is 0 Å². The number of allylic oxidation sites excluding steroid dienone is 4. The molecule has 2 heterocycles. The van der Waals surface area contributed by atoms with Crippen molar-refractivity contribution in [3.05, 3.63) is 87.4 Å². The van der Waals surface area contributed by atoms with E-state index in [2.05, 4.69) is 81.5 Å². The first kappa shape index (κ1) is 17.7. The van der Waals surface area contributed by atoms with Crippen LogP contribution < -0.4 is 4.90 Å². The van der Waals surface area contributed by atoms with E-state index in [1.165, 1.54) is 22.4 Å². The van der Waals surface area contributed by atoms with Gasteiger partial charge in [0.2, 0.25) is 0 Å². The maximum atomic E-state index is 12.3. The Hall–Kier alpha value is -2.13. The molecule has 0 fully saturated rings. The van der Waals surface area contributed by atoms with Gasteiger partial charge in [-0.05, 0) is 72.6 Å². The van der Waals surface area contributed by atoms with Gasteiger partial charge in [0.05, 0.1) is 6.04 Å². The number of nitrogens with zero attached hydrogens (tertiary/aromatic N) is 1. The maximum Gasteiger partial charge on any atom is 0.159 e. The van der Waals surface area contributed by atoms with Gasteiger partial charge in [0.25, 0.3) is 0 Å². The standard InChI is InChI=1S/C26H24BrNO/c1-15(29)18-12-23-20-5-2-4-17(20)14-28-25(16-8-10-19(27)11-9-16)22-7-3-6-21(22)24(13-18)26(23)28/h2-3,5-6,8-13,17,20-22,25H,4,7,14H2,1H3/t17-,20+,21-,22-,25+/m0/s1. The van der Waals surface area contributed by atoms with Crippen LogP contribution in [-0.4, -0.2) is 12.3 Å². The van der Waals surface area contributed by atoms with Gasteiger partial charge in [-0.15, -0.1) is 0 Å². The summed E-state index contributed by atoms with van der Waals surface area (Å²) in [5.74, 6) is 2.17. The normalized spacial score (nSPS) is 30.8. The first-order valence-corrected chi connectivity index (χ1v) is 11.5. The van der Waals surface area contributed by atoms with E-state index in [4.69, 9.17) is 0 Å². The lowest BCUT2D eigenvalue weighted by Crippen LogP contribution is -2.46. The minimum Gasteiger partial charge on any atom is -0.363 e. The van der Waals surface area contributed by atoms with Gasteiger partial charge >= 0.3 is 0 Å². The molecule has 146 valence electrons. The molecule has 2 aliphatic carbocycles. The van der Waals surface area contributed by atoms with Crippen LogP contribution in [0.2, 0.25) is 0 Å². The third-order valence-electron chi connectivity index (χ3n) is 7.47. The highest BCUT2D eigenvalue weighted by Crippen LogP contribution is 2.58. The van der Waals surface area contributed by atoms with Crippen LogP contribution in [0.1, 0.15) is 64.7 Å². The van der Waals surface area contributed by atoms with Crippen LogP contribution in [-0.2, 0) is 0 Å². The van der Waals surface area contributed by atoms with Crippen molar-refractivity contribution in [1.82, 2.24) is 0 Å². The zero-order chi connectivity index (χ0) is 19.7. The molecule has 0 spiro atoms. The zero-order valence-corrected chi connectivity index (χ0v) is 18.1. The van der Waals surface area contributed by atoms with E-state index in [-0.39, 0.29) is 5.78 Å². The summed E-state index contributed by atoms with van der Waals surface area (Å²) >= 11 is 3.60. The summed E-state index contributed by atoms with van der Waals surface area (Å²) in [6.45, 7) is 2.80. The Morgan fingerprint density at radius 3 is 2.45 bits per heavy atom. The summed E-state index contributed by atoms with van der Waals surface area (Å²) in [7, 11) is 0. The highest BCUT2D eigenvalue weighted by molar-refractivity contribution is 9.10. The van der Waals surface area contributed by atoms with Crippen LogP contribution in [0, 0.1) is 11.8 Å². The van der Waals surface area contributed by atoms with Crippen LogP contribution in [0.5, 0.6) is 0 Å². The van der Waals surface area contributed by atoms with Gasteiger partial charge in [-0.2, -0.15) is 0 Å². The van der Waals surface area contributed by atoms with Gasteiger partial charge in [-0.1, -0.05) is 52.4 Å². The molecule has 0 amide bonds. The molecule has 0 unspecified atom stereocenters. The Morgan fingerprint density at radius 2 is 1.69 bits per heavy atom. The Labute approximate surface area is 180 Å². The summed E-state index contributed by atoms with van der Waals surface area (Å²) in [5.41, 5.74) is 6.44. The van der Waals surface area contributed by atoms with Crippen molar-refractivity contribution >= 4 is 27.4 Å². The molecule has 5 atom stereocenters. The van der Waals surface area contributed by atoms with Crippen molar-refractivity contribution in [2.45, 2.75) is 37.6 Å². The van der Waals surface area contributed by atoms with Gasteiger partial charge in [-0.25, -0.2) is 0 Å². The van der Waals surface area contributed by atoms with Gasteiger partial charge < -0.3 is 4.90 Å². The Kier molecular flexibility index (Phi) is 3.93. The van der Waals surface area contributed by atoms with E-state index in [0.717, 1.165) is 29.4 Å². The molecule has 2 aliphatic heterocycles. The van der Waals surface area contributed by atoms with E-state index in [0.29, 0.717) is 29.7 Å². The van der Waals surface area contributed by atoms with E-state index >= 15 is 0 Å². The second-order valence-corrected chi connectivity index (χ2v) is 9.93. The first-order chi connectivity index (χ1) is 14.1. The lowest BCUT2D eigenvalue weighted by Gasteiger charge is -2.51. The van der Waals surface area contributed by atoms with Gasteiger partial charge in [0.15, 0.2) is 5.78 Å². The van der Waals surface area contributed by atoms with Crippen molar-refractivity contribution in [3.63, 3.8) is 0 Å². The lowest BCUT2D eigenvalue weighted by molar-refractivity contribution is 0.101. The van der Waals surface area contributed by atoms with E-state index < -0.39 is 0 Å². The number of hydrogen-bond acceptors (Lipinski definition) is 2. The molecule has 0 saturated heterocycles. The Balaban J connectivity index is 1.59. The lowest BCUT2D eigenvalue weighted by atomic mass is 9.70. The van der Waals surface area contributed by atoms with Crippen LogP contribution >= 0.6 is 15.9 Å². The van der Waals surface area contributed by atoms with Crippen molar-refractivity contribution in [2.24, 2.45) is 11.8 Å². The molecule has 4 aliphatic rings. The molecule has 29 heavy (non-hydrogen) atoms. The third kappa shape index (κ3) is 2.56. The van der Waals surface area contributed by atoms with Gasteiger partial charge in [0, 0.05) is 34.1 Å². The minimum absolute atomic E-state index is 0.174. The number of ketones is 1. The summed E-state index contributed by atoms with van der Waals surface area (Å²) in [5, 5.41) is 0. The topological polar surface area (TPSA) is 20.3 Å². The molecule has 0 aromatic heterocycles. The average molecular weight is 446 g/mol. The quantitative estimate of drug-likeness (QED) is 0.385. The highest BCUT2D eigenvalue weighted by Gasteiger charge is 2.47. The largest absolute Gasteiger partial charge is 0.363 e. The summed E-state index contributed by atoms with van der Waals surface area (Å²) in [6, 6.07) is 13.7. The number of carbonyl (C=O) groups is 1. The average Bonchev–Trinajstić information content (AvgIpc) is 3.38. The first-order valence-electron chi connectivity index (χ1n) is 10.7. The zero-order valence-electron chi connectivity index (χ0n) is 16.5. The number of benzene rings is 2. The van der Waals surface area contributed by atoms with Gasteiger partial charge in [0.1, 0.15) is 0 Å². The Bertz CT molecular complexity index is 1050. The van der Waals surface area contributed by atoms with Crippen LogP contribution in [0.15, 0.2) is 65.2 Å². The van der Waals surface area contributed by atoms with Crippen molar-refractivity contribution in [2.75, 3.05) is 11.4 Å². The Morgan fingerprint density at radius 1 is 1.00 bits per heavy atom. The fraction of sp³-hybridized carbons (Fsp3) is 0.346. The third-order valence-corrected chi connectivity index (χ3v) is 8.00.